The third-order valence-corrected chi connectivity index (χ3v) is 5.28. The van der Waals surface area contributed by atoms with Crippen molar-refractivity contribution in [2.75, 3.05) is 14.1 Å². The van der Waals surface area contributed by atoms with Gasteiger partial charge >= 0.3 is 6.03 Å². The maximum atomic E-state index is 12.3. The molecule has 3 heterocycles. The van der Waals surface area contributed by atoms with Crippen molar-refractivity contribution in [3.05, 3.63) is 41.1 Å². The standard InChI is InChI=1S/C15H16N4O3S/c1-18-13(21)10-7-11(23-14(10)19(2)15(18)22)12(20)17-8-9-5-3-4-6-16-9/h3-7,10,14H,8H2,1-2H3,(H,17,20). The van der Waals surface area contributed by atoms with Crippen LogP contribution in [0, 0.1) is 5.92 Å². The van der Waals surface area contributed by atoms with Gasteiger partial charge in [0.05, 0.1) is 28.4 Å². The molecule has 120 valence electrons. The summed E-state index contributed by atoms with van der Waals surface area (Å²) >= 11 is 1.24. The highest BCUT2D eigenvalue weighted by atomic mass is 32.2. The number of amides is 4. The Morgan fingerprint density at radius 2 is 2.13 bits per heavy atom. The maximum absolute atomic E-state index is 12.3. The van der Waals surface area contributed by atoms with E-state index in [2.05, 4.69) is 10.3 Å². The lowest BCUT2D eigenvalue weighted by atomic mass is 10.0. The van der Waals surface area contributed by atoms with Crippen molar-refractivity contribution in [2.45, 2.75) is 11.9 Å². The lowest BCUT2D eigenvalue weighted by Gasteiger charge is -2.37. The molecule has 2 unspecified atom stereocenters. The molecule has 0 radical (unpaired) electrons. The molecular weight excluding hydrogens is 316 g/mol. The van der Waals surface area contributed by atoms with Crippen molar-refractivity contribution in [1.29, 1.82) is 0 Å². The number of nitrogens with zero attached hydrogens (tertiary/aromatic N) is 3. The second-order valence-corrected chi connectivity index (χ2v) is 6.52. The monoisotopic (exact) mass is 332 g/mol. The van der Waals surface area contributed by atoms with Crippen molar-refractivity contribution in [3.8, 4) is 0 Å². The van der Waals surface area contributed by atoms with Gasteiger partial charge in [-0.05, 0) is 18.2 Å². The Hall–Kier alpha value is -2.35. The van der Waals surface area contributed by atoms with Crippen LogP contribution in [-0.4, -0.2) is 52.1 Å². The number of hydrogen-bond acceptors (Lipinski definition) is 5. The van der Waals surface area contributed by atoms with E-state index in [4.69, 9.17) is 0 Å². The number of thioether (sulfide) groups is 1. The van der Waals surface area contributed by atoms with E-state index < -0.39 is 5.92 Å². The zero-order valence-electron chi connectivity index (χ0n) is 12.7. The molecule has 4 amide bonds. The van der Waals surface area contributed by atoms with Crippen molar-refractivity contribution in [1.82, 2.24) is 20.1 Å². The smallest absolute Gasteiger partial charge is 0.327 e. The number of imide groups is 1. The number of hydrogen-bond donors (Lipinski definition) is 1. The molecular formula is C15H16N4O3S. The van der Waals surface area contributed by atoms with E-state index in [0.717, 1.165) is 10.6 Å². The lowest BCUT2D eigenvalue weighted by molar-refractivity contribution is -0.133. The number of nitrogens with one attached hydrogen (secondary N) is 1. The van der Waals surface area contributed by atoms with Crippen LogP contribution in [0.4, 0.5) is 4.79 Å². The summed E-state index contributed by atoms with van der Waals surface area (Å²) in [5.41, 5.74) is 0.755. The van der Waals surface area contributed by atoms with Crippen LogP contribution in [0.15, 0.2) is 35.4 Å². The van der Waals surface area contributed by atoms with E-state index in [1.807, 2.05) is 12.1 Å². The fourth-order valence-electron chi connectivity index (χ4n) is 2.55. The molecule has 0 saturated carbocycles. The molecule has 2 aliphatic heterocycles. The Labute approximate surface area is 137 Å². The number of pyridine rings is 1. The maximum Gasteiger partial charge on any atom is 0.327 e. The van der Waals surface area contributed by atoms with Crippen LogP contribution >= 0.6 is 11.8 Å². The summed E-state index contributed by atoms with van der Waals surface area (Å²) in [5.74, 6) is -1.02. The quantitative estimate of drug-likeness (QED) is 0.885. The molecule has 2 aliphatic rings. The van der Waals surface area contributed by atoms with Crippen molar-refractivity contribution < 1.29 is 14.4 Å². The van der Waals surface area contributed by atoms with Crippen LogP contribution < -0.4 is 5.32 Å². The second-order valence-electron chi connectivity index (χ2n) is 5.36. The fourth-order valence-corrected chi connectivity index (χ4v) is 3.81. The molecule has 0 bridgehead atoms. The number of urea groups is 1. The van der Waals surface area contributed by atoms with Gasteiger partial charge in [0.2, 0.25) is 5.91 Å². The van der Waals surface area contributed by atoms with Crippen molar-refractivity contribution in [3.63, 3.8) is 0 Å². The highest BCUT2D eigenvalue weighted by Crippen LogP contribution is 2.41. The van der Waals surface area contributed by atoms with Crippen LogP contribution in [0.1, 0.15) is 5.69 Å². The Morgan fingerprint density at radius 1 is 1.35 bits per heavy atom. The molecule has 0 spiro atoms. The summed E-state index contributed by atoms with van der Waals surface area (Å²) < 4.78 is 0. The summed E-state index contributed by atoms with van der Waals surface area (Å²) in [6.07, 6.45) is 3.31. The van der Waals surface area contributed by atoms with Crippen LogP contribution in [-0.2, 0) is 16.1 Å². The molecule has 1 saturated heterocycles. The van der Waals surface area contributed by atoms with Gasteiger partial charge in [-0.25, -0.2) is 4.79 Å². The Kier molecular flexibility index (Phi) is 4.08. The summed E-state index contributed by atoms with van der Waals surface area (Å²) in [5, 5.41) is 2.42. The first-order valence-corrected chi connectivity index (χ1v) is 7.98. The summed E-state index contributed by atoms with van der Waals surface area (Å²) in [6, 6.07) is 5.12. The van der Waals surface area contributed by atoms with E-state index in [0.29, 0.717) is 11.4 Å². The fraction of sp³-hybridized carbons (Fsp3) is 0.333. The number of rotatable bonds is 3. The average molecular weight is 332 g/mol. The van der Waals surface area contributed by atoms with Crippen LogP contribution in [0.2, 0.25) is 0 Å². The zero-order chi connectivity index (χ0) is 16.6. The minimum atomic E-state index is -0.483. The number of fused-ring (bicyclic) bond motifs is 1. The number of aromatic nitrogens is 1. The Morgan fingerprint density at radius 3 is 2.83 bits per heavy atom. The van der Waals surface area contributed by atoms with Gasteiger partial charge in [-0.3, -0.25) is 19.5 Å². The number of carbonyl (C=O) groups is 3. The van der Waals surface area contributed by atoms with E-state index in [9.17, 15) is 14.4 Å². The molecule has 1 aromatic heterocycles. The van der Waals surface area contributed by atoms with Crippen LogP contribution in [0.25, 0.3) is 0 Å². The van der Waals surface area contributed by atoms with Crippen LogP contribution in [0.3, 0.4) is 0 Å². The Bertz CT molecular complexity index is 691. The first kappa shape index (κ1) is 15.5. The van der Waals surface area contributed by atoms with Crippen LogP contribution in [0.5, 0.6) is 0 Å². The van der Waals surface area contributed by atoms with E-state index in [1.165, 1.54) is 23.7 Å². The molecule has 0 aliphatic carbocycles. The average Bonchev–Trinajstić information content (AvgIpc) is 3.02. The molecule has 8 heteroatoms. The highest BCUT2D eigenvalue weighted by molar-refractivity contribution is 8.04. The summed E-state index contributed by atoms with van der Waals surface area (Å²) in [7, 11) is 3.09. The van der Waals surface area contributed by atoms with Gasteiger partial charge in [0.1, 0.15) is 0 Å². The minimum Gasteiger partial charge on any atom is -0.346 e. The van der Waals surface area contributed by atoms with Gasteiger partial charge in [-0.15, -0.1) is 0 Å². The molecule has 1 aromatic rings. The molecule has 7 nitrogen and oxygen atoms in total. The Balaban J connectivity index is 1.69. The van der Waals surface area contributed by atoms with Gasteiger partial charge in [-0.2, -0.15) is 0 Å². The van der Waals surface area contributed by atoms with Gasteiger partial charge in [0.15, 0.2) is 0 Å². The molecule has 2 atom stereocenters. The SMILES string of the molecule is CN1C(=O)C2C=C(C(=O)NCc3ccccn3)SC2N(C)C1=O. The molecule has 3 rings (SSSR count). The predicted molar refractivity (Wildman–Crippen MR) is 85.0 cm³/mol. The number of carbonyl (C=O) groups excluding carboxylic acids is 3. The third-order valence-electron chi connectivity index (χ3n) is 3.85. The van der Waals surface area contributed by atoms with E-state index in [1.54, 1.807) is 25.4 Å². The molecule has 1 fully saturated rings. The van der Waals surface area contributed by atoms with Crippen molar-refractivity contribution >= 4 is 29.6 Å². The predicted octanol–water partition coefficient (Wildman–Crippen LogP) is 0.795. The van der Waals surface area contributed by atoms with Gasteiger partial charge in [-0.1, -0.05) is 17.8 Å². The summed E-state index contributed by atoms with van der Waals surface area (Å²) in [6.45, 7) is 0.315. The highest BCUT2D eigenvalue weighted by Gasteiger charge is 2.47. The van der Waals surface area contributed by atoms with Gasteiger partial charge < -0.3 is 10.2 Å². The second kappa shape index (κ2) is 6.04. The van der Waals surface area contributed by atoms with Gasteiger partial charge in [0.25, 0.3) is 5.91 Å². The first-order valence-electron chi connectivity index (χ1n) is 7.10. The first-order chi connectivity index (χ1) is 11.0. The lowest BCUT2D eigenvalue weighted by Crippen LogP contribution is -2.56. The molecule has 0 aromatic carbocycles. The minimum absolute atomic E-state index is 0.258. The topological polar surface area (TPSA) is 82.6 Å². The molecule has 1 N–H and O–H groups in total. The van der Waals surface area contributed by atoms with E-state index in [-0.39, 0.29) is 23.2 Å². The third kappa shape index (κ3) is 2.81. The molecule has 23 heavy (non-hydrogen) atoms. The summed E-state index contributed by atoms with van der Waals surface area (Å²) in [4.78, 5) is 43.6. The zero-order valence-corrected chi connectivity index (χ0v) is 13.5. The van der Waals surface area contributed by atoms with Crippen molar-refractivity contribution in [2.24, 2.45) is 5.92 Å². The largest absolute Gasteiger partial charge is 0.346 e. The van der Waals surface area contributed by atoms with E-state index >= 15 is 0 Å². The van der Waals surface area contributed by atoms with Gasteiger partial charge in [0, 0.05) is 20.3 Å². The normalized spacial score (nSPS) is 23.7.